The van der Waals surface area contributed by atoms with E-state index in [2.05, 4.69) is 31.4 Å². The molecule has 0 unspecified atom stereocenters. The SMILES string of the molecule is CC(C)(C)c1ccc(NC(=O)c2cccc(NC(N)=O)c2)cc1. The predicted octanol–water partition coefficient (Wildman–Crippen LogP) is 3.73. The maximum Gasteiger partial charge on any atom is 0.316 e. The zero-order chi connectivity index (χ0) is 17.0. The molecule has 0 atom stereocenters. The van der Waals surface area contributed by atoms with Gasteiger partial charge in [-0.2, -0.15) is 0 Å². The number of rotatable bonds is 3. The Morgan fingerprint density at radius 2 is 1.57 bits per heavy atom. The van der Waals surface area contributed by atoms with Gasteiger partial charge in [0.1, 0.15) is 0 Å². The first kappa shape index (κ1) is 16.5. The molecule has 0 heterocycles. The summed E-state index contributed by atoms with van der Waals surface area (Å²) in [6.07, 6.45) is 0. The highest BCUT2D eigenvalue weighted by atomic mass is 16.2. The lowest BCUT2D eigenvalue weighted by Gasteiger charge is -2.19. The van der Waals surface area contributed by atoms with Gasteiger partial charge >= 0.3 is 6.03 Å². The van der Waals surface area contributed by atoms with Crippen molar-refractivity contribution < 1.29 is 9.59 Å². The van der Waals surface area contributed by atoms with Crippen LogP contribution in [0.4, 0.5) is 16.2 Å². The van der Waals surface area contributed by atoms with Crippen LogP contribution in [0.3, 0.4) is 0 Å². The largest absolute Gasteiger partial charge is 0.351 e. The number of hydrogen-bond acceptors (Lipinski definition) is 2. The van der Waals surface area contributed by atoms with Crippen LogP contribution in [-0.2, 0) is 5.41 Å². The molecule has 5 heteroatoms. The second kappa shape index (κ2) is 6.52. The molecular weight excluding hydrogens is 290 g/mol. The van der Waals surface area contributed by atoms with Gasteiger partial charge < -0.3 is 16.4 Å². The van der Waals surface area contributed by atoms with Crippen molar-refractivity contribution in [2.75, 3.05) is 10.6 Å². The van der Waals surface area contributed by atoms with Gasteiger partial charge in [-0.05, 0) is 41.3 Å². The molecule has 0 aliphatic heterocycles. The first-order valence-corrected chi connectivity index (χ1v) is 7.34. The van der Waals surface area contributed by atoms with Gasteiger partial charge in [-0.25, -0.2) is 4.79 Å². The number of benzene rings is 2. The van der Waals surface area contributed by atoms with E-state index < -0.39 is 6.03 Å². The van der Waals surface area contributed by atoms with Crippen molar-refractivity contribution in [3.8, 4) is 0 Å². The molecule has 0 aliphatic carbocycles. The Morgan fingerprint density at radius 3 is 2.13 bits per heavy atom. The van der Waals surface area contributed by atoms with E-state index in [1.165, 1.54) is 5.56 Å². The number of carbonyl (C=O) groups excluding carboxylic acids is 2. The first-order chi connectivity index (χ1) is 10.8. The van der Waals surface area contributed by atoms with E-state index in [1.807, 2.05) is 24.3 Å². The topological polar surface area (TPSA) is 84.2 Å². The monoisotopic (exact) mass is 311 g/mol. The Balaban J connectivity index is 2.11. The van der Waals surface area contributed by atoms with Crippen molar-refractivity contribution in [3.05, 3.63) is 59.7 Å². The normalized spacial score (nSPS) is 10.9. The van der Waals surface area contributed by atoms with Crippen LogP contribution in [0, 0.1) is 0 Å². The third-order valence-corrected chi connectivity index (χ3v) is 3.40. The molecule has 2 aromatic carbocycles. The minimum absolute atomic E-state index is 0.0668. The highest BCUT2D eigenvalue weighted by Gasteiger charge is 2.13. The smallest absolute Gasteiger partial charge is 0.316 e. The summed E-state index contributed by atoms with van der Waals surface area (Å²) in [6, 6.07) is 13.7. The molecule has 0 saturated heterocycles. The summed E-state index contributed by atoms with van der Waals surface area (Å²) < 4.78 is 0. The maximum atomic E-state index is 12.3. The number of anilines is 2. The molecule has 0 radical (unpaired) electrons. The molecule has 0 spiro atoms. The van der Waals surface area contributed by atoms with E-state index >= 15 is 0 Å². The third kappa shape index (κ3) is 4.57. The fraction of sp³-hybridized carbons (Fsp3) is 0.222. The van der Waals surface area contributed by atoms with Crippen LogP contribution in [-0.4, -0.2) is 11.9 Å². The summed E-state index contributed by atoms with van der Waals surface area (Å²) in [4.78, 5) is 23.1. The zero-order valence-corrected chi connectivity index (χ0v) is 13.5. The number of carbonyl (C=O) groups is 2. The summed E-state index contributed by atoms with van der Waals surface area (Å²) >= 11 is 0. The Hall–Kier alpha value is -2.82. The highest BCUT2D eigenvalue weighted by molar-refractivity contribution is 6.05. The molecule has 4 N–H and O–H groups in total. The Bertz CT molecular complexity index is 716. The molecule has 0 bridgehead atoms. The van der Waals surface area contributed by atoms with E-state index in [9.17, 15) is 9.59 Å². The fourth-order valence-corrected chi connectivity index (χ4v) is 2.14. The van der Waals surface area contributed by atoms with E-state index in [-0.39, 0.29) is 11.3 Å². The summed E-state index contributed by atoms with van der Waals surface area (Å²) in [5.74, 6) is -0.248. The van der Waals surface area contributed by atoms with Gasteiger partial charge in [0.25, 0.3) is 5.91 Å². The molecule has 0 fully saturated rings. The molecule has 0 aromatic heterocycles. The molecular formula is C18H21N3O2. The summed E-state index contributed by atoms with van der Waals surface area (Å²) in [5, 5.41) is 5.28. The Morgan fingerprint density at radius 1 is 0.913 bits per heavy atom. The lowest BCUT2D eigenvalue weighted by atomic mass is 9.87. The minimum atomic E-state index is -0.666. The number of primary amides is 1. The average molecular weight is 311 g/mol. The van der Waals surface area contributed by atoms with Crippen molar-refractivity contribution >= 4 is 23.3 Å². The molecule has 0 aliphatic rings. The standard InChI is InChI=1S/C18H21N3O2/c1-18(2,3)13-7-9-14(10-8-13)20-16(22)12-5-4-6-15(11-12)21-17(19)23/h4-11H,1-3H3,(H,20,22)(H3,19,21,23). The highest BCUT2D eigenvalue weighted by Crippen LogP contribution is 2.23. The van der Waals surface area contributed by atoms with E-state index in [1.54, 1.807) is 24.3 Å². The van der Waals surface area contributed by atoms with Crippen LogP contribution in [0.1, 0.15) is 36.7 Å². The van der Waals surface area contributed by atoms with Crippen molar-refractivity contribution in [1.82, 2.24) is 0 Å². The van der Waals surface area contributed by atoms with Gasteiger partial charge in [-0.1, -0.05) is 39.0 Å². The zero-order valence-electron chi connectivity index (χ0n) is 13.5. The maximum absolute atomic E-state index is 12.3. The molecule has 0 saturated carbocycles. The van der Waals surface area contributed by atoms with Gasteiger partial charge in [-0.15, -0.1) is 0 Å². The second-order valence-corrected chi connectivity index (χ2v) is 6.35. The van der Waals surface area contributed by atoms with Crippen molar-refractivity contribution in [2.45, 2.75) is 26.2 Å². The van der Waals surface area contributed by atoms with Gasteiger partial charge in [0.2, 0.25) is 0 Å². The molecule has 120 valence electrons. The Labute approximate surface area is 135 Å². The number of hydrogen-bond donors (Lipinski definition) is 3. The summed E-state index contributed by atoms with van der Waals surface area (Å²) in [7, 11) is 0. The van der Waals surface area contributed by atoms with Crippen LogP contribution in [0.2, 0.25) is 0 Å². The number of nitrogens with two attached hydrogens (primary N) is 1. The van der Waals surface area contributed by atoms with E-state index in [4.69, 9.17) is 5.73 Å². The summed E-state index contributed by atoms with van der Waals surface area (Å²) in [5.41, 5.74) is 7.98. The van der Waals surface area contributed by atoms with Gasteiger partial charge in [0.15, 0.2) is 0 Å². The van der Waals surface area contributed by atoms with Gasteiger partial charge in [-0.3, -0.25) is 4.79 Å². The fourth-order valence-electron chi connectivity index (χ4n) is 2.14. The van der Waals surface area contributed by atoms with Crippen LogP contribution in [0.25, 0.3) is 0 Å². The van der Waals surface area contributed by atoms with Gasteiger partial charge in [0.05, 0.1) is 0 Å². The number of urea groups is 1. The van der Waals surface area contributed by atoms with Crippen LogP contribution in [0.15, 0.2) is 48.5 Å². The summed E-state index contributed by atoms with van der Waals surface area (Å²) in [6.45, 7) is 6.41. The van der Waals surface area contributed by atoms with Crippen molar-refractivity contribution in [2.24, 2.45) is 5.73 Å². The Kier molecular flexibility index (Phi) is 4.69. The van der Waals surface area contributed by atoms with E-state index in [0.29, 0.717) is 11.3 Å². The quantitative estimate of drug-likeness (QED) is 0.807. The first-order valence-electron chi connectivity index (χ1n) is 7.34. The molecule has 5 nitrogen and oxygen atoms in total. The van der Waals surface area contributed by atoms with E-state index in [0.717, 1.165) is 5.69 Å². The average Bonchev–Trinajstić information content (AvgIpc) is 2.46. The van der Waals surface area contributed by atoms with Crippen molar-refractivity contribution in [3.63, 3.8) is 0 Å². The molecule has 23 heavy (non-hydrogen) atoms. The van der Waals surface area contributed by atoms with Crippen LogP contribution in [0.5, 0.6) is 0 Å². The second-order valence-electron chi connectivity index (χ2n) is 6.35. The minimum Gasteiger partial charge on any atom is -0.351 e. The molecule has 2 aromatic rings. The molecule has 3 amide bonds. The van der Waals surface area contributed by atoms with Crippen LogP contribution >= 0.6 is 0 Å². The molecule has 2 rings (SSSR count). The lowest BCUT2D eigenvalue weighted by Crippen LogP contribution is -2.20. The van der Waals surface area contributed by atoms with Crippen molar-refractivity contribution in [1.29, 1.82) is 0 Å². The third-order valence-electron chi connectivity index (χ3n) is 3.40. The predicted molar refractivity (Wildman–Crippen MR) is 92.7 cm³/mol. The number of nitrogens with one attached hydrogen (secondary N) is 2. The van der Waals surface area contributed by atoms with Gasteiger partial charge in [0, 0.05) is 16.9 Å². The number of amides is 3. The van der Waals surface area contributed by atoms with Crippen LogP contribution < -0.4 is 16.4 Å². The lowest BCUT2D eigenvalue weighted by molar-refractivity contribution is 0.102.